The molecule has 0 bridgehead atoms. The number of hydrogen-bond acceptors (Lipinski definition) is 6. The van der Waals surface area contributed by atoms with Gasteiger partial charge in [-0.1, -0.05) is 0 Å². The van der Waals surface area contributed by atoms with E-state index >= 15 is 0 Å². The van der Waals surface area contributed by atoms with Gasteiger partial charge in [-0.2, -0.15) is 0 Å². The van der Waals surface area contributed by atoms with Crippen molar-refractivity contribution in [2.24, 2.45) is 11.1 Å². The van der Waals surface area contributed by atoms with Crippen LogP contribution in [0.15, 0.2) is 23.1 Å². The van der Waals surface area contributed by atoms with Crippen LogP contribution in [-0.4, -0.2) is 64.1 Å². The SMILES string of the molecule is COC(=O)N1CCC(C(C)NCC(=O)N2c3ccc(S(N)(=O)=O)cc3CC2C)CC1. The summed E-state index contributed by atoms with van der Waals surface area (Å²) >= 11 is 0. The van der Waals surface area contributed by atoms with Crippen LogP contribution in [-0.2, 0) is 26.0 Å². The molecule has 2 amide bonds. The maximum atomic E-state index is 12.9. The highest BCUT2D eigenvalue weighted by Gasteiger charge is 2.32. The van der Waals surface area contributed by atoms with Gasteiger partial charge in [0.25, 0.3) is 0 Å². The number of methoxy groups -OCH3 is 1. The van der Waals surface area contributed by atoms with Gasteiger partial charge in [0, 0.05) is 30.9 Å². The predicted octanol–water partition coefficient (Wildman–Crippen LogP) is 1.07. The van der Waals surface area contributed by atoms with E-state index in [4.69, 9.17) is 9.88 Å². The molecule has 3 rings (SSSR count). The summed E-state index contributed by atoms with van der Waals surface area (Å²) in [7, 11) is -2.39. The monoisotopic (exact) mass is 438 g/mol. The highest BCUT2D eigenvalue weighted by molar-refractivity contribution is 7.89. The highest BCUT2D eigenvalue weighted by atomic mass is 32.2. The fourth-order valence-corrected chi connectivity index (χ4v) is 4.94. The van der Waals surface area contributed by atoms with E-state index in [0.717, 1.165) is 24.1 Å². The van der Waals surface area contributed by atoms with E-state index in [1.165, 1.54) is 13.2 Å². The van der Waals surface area contributed by atoms with Crippen LogP contribution in [0.25, 0.3) is 0 Å². The Morgan fingerprint density at radius 3 is 2.57 bits per heavy atom. The van der Waals surface area contributed by atoms with Gasteiger partial charge in [-0.05, 0) is 62.8 Å². The lowest BCUT2D eigenvalue weighted by molar-refractivity contribution is -0.118. The Labute approximate surface area is 177 Å². The third kappa shape index (κ3) is 4.76. The van der Waals surface area contributed by atoms with Gasteiger partial charge in [0.15, 0.2) is 0 Å². The third-order valence-electron chi connectivity index (χ3n) is 6.12. The molecule has 0 radical (unpaired) electrons. The summed E-state index contributed by atoms with van der Waals surface area (Å²) in [5.41, 5.74) is 1.55. The summed E-state index contributed by atoms with van der Waals surface area (Å²) in [5, 5.41) is 8.55. The molecule has 1 aromatic carbocycles. The molecule has 0 aromatic heterocycles. The van der Waals surface area contributed by atoms with Crippen LogP contribution < -0.4 is 15.4 Å². The Bertz CT molecular complexity index is 912. The molecule has 1 saturated heterocycles. The fourth-order valence-electron chi connectivity index (χ4n) is 4.38. The highest BCUT2D eigenvalue weighted by Crippen LogP contribution is 2.33. The summed E-state index contributed by atoms with van der Waals surface area (Å²) < 4.78 is 27.9. The molecule has 9 nitrogen and oxygen atoms in total. The molecule has 2 heterocycles. The van der Waals surface area contributed by atoms with Crippen LogP contribution in [0.5, 0.6) is 0 Å². The first kappa shape index (κ1) is 22.5. The van der Waals surface area contributed by atoms with E-state index < -0.39 is 10.0 Å². The van der Waals surface area contributed by atoms with Crippen LogP contribution in [0, 0.1) is 5.92 Å². The average molecular weight is 439 g/mol. The number of likely N-dealkylation sites (tertiary alicyclic amines) is 1. The maximum absolute atomic E-state index is 12.9. The molecule has 30 heavy (non-hydrogen) atoms. The number of primary sulfonamides is 1. The molecular formula is C20H30N4O5S. The zero-order valence-electron chi connectivity index (χ0n) is 17.6. The van der Waals surface area contributed by atoms with Gasteiger partial charge < -0.3 is 19.9 Å². The molecule has 0 saturated carbocycles. The van der Waals surface area contributed by atoms with E-state index in [-0.39, 0.29) is 35.5 Å². The largest absolute Gasteiger partial charge is 0.453 e. The van der Waals surface area contributed by atoms with Crippen molar-refractivity contribution in [2.75, 3.05) is 31.6 Å². The first-order valence-corrected chi connectivity index (χ1v) is 11.7. The topological polar surface area (TPSA) is 122 Å². The van der Waals surface area contributed by atoms with Crippen molar-refractivity contribution in [3.8, 4) is 0 Å². The van der Waals surface area contributed by atoms with E-state index in [0.29, 0.717) is 25.4 Å². The van der Waals surface area contributed by atoms with Crippen molar-refractivity contribution in [1.82, 2.24) is 10.2 Å². The van der Waals surface area contributed by atoms with Gasteiger partial charge in [-0.15, -0.1) is 0 Å². The zero-order chi connectivity index (χ0) is 22.1. The molecule has 2 aliphatic rings. The molecule has 3 N–H and O–H groups in total. The van der Waals surface area contributed by atoms with Crippen molar-refractivity contribution in [2.45, 2.75) is 50.1 Å². The Morgan fingerprint density at radius 1 is 1.30 bits per heavy atom. The number of ether oxygens (including phenoxy) is 1. The second-order valence-electron chi connectivity index (χ2n) is 8.12. The number of nitrogens with two attached hydrogens (primary N) is 1. The number of rotatable bonds is 5. The smallest absolute Gasteiger partial charge is 0.409 e. The van der Waals surface area contributed by atoms with Crippen molar-refractivity contribution in [3.05, 3.63) is 23.8 Å². The Hall–Kier alpha value is -2.17. The normalized spacial score (nSPS) is 20.7. The van der Waals surface area contributed by atoms with Gasteiger partial charge in [0.05, 0.1) is 18.6 Å². The number of fused-ring (bicyclic) bond motifs is 1. The summed E-state index contributed by atoms with van der Waals surface area (Å²) in [6, 6.07) is 4.74. The number of nitrogens with one attached hydrogen (secondary N) is 1. The number of hydrogen-bond donors (Lipinski definition) is 2. The minimum absolute atomic E-state index is 0.0522. The Balaban J connectivity index is 1.58. The third-order valence-corrected chi connectivity index (χ3v) is 7.03. The first-order valence-electron chi connectivity index (χ1n) is 10.2. The molecule has 2 aliphatic heterocycles. The van der Waals surface area contributed by atoms with Gasteiger partial charge in [0.1, 0.15) is 0 Å². The Kier molecular flexibility index (Phi) is 6.68. The van der Waals surface area contributed by atoms with Crippen LogP contribution in [0.3, 0.4) is 0 Å². The van der Waals surface area contributed by atoms with Crippen molar-refractivity contribution < 1.29 is 22.7 Å². The van der Waals surface area contributed by atoms with Gasteiger partial charge in [-0.3, -0.25) is 4.79 Å². The number of carbonyl (C=O) groups is 2. The van der Waals surface area contributed by atoms with E-state index in [9.17, 15) is 18.0 Å². The average Bonchev–Trinajstić information content (AvgIpc) is 3.05. The molecule has 10 heteroatoms. The summed E-state index contributed by atoms with van der Waals surface area (Å²) in [6.07, 6.45) is 2.01. The number of amides is 2. The number of sulfonamides is 1. The number of nitrogens with zero attached hydrogens (tertiary/aromatic N) is 2. The minimum Gasteiger partial charge on any atom is -0.453 e. The van der Waals surface area contributed by atoms with Crippen LogP contribution in [0.1, 0.15) is 32.3 Å². The molecule has 1 aromatic rings. The minimum atomic E-state index is -3.77. The van der Waals surface area contributed by atoms with Crippen LogP contribution in [0.4, 0.5) is 10.5 Å². The summed E-state index contributed by atoms with van der Waals surface area (Å²) in [5.74, 6) is 0.322. The summed E-state index contributed by atoms with van der Waals surface area (Å²) in [4.78, 5) is 28.0. The number of anilines is 1. The second-order valence-corrected chi connectivity index (χ2v) is 9.68. The van der Waals surface area contributed by atoms with Gasteiger partial charge >= 0.3 is 6.09 Å². The lowest BCUT2D eigenvalue weighted by atomic mass is 9.90. The molecule has 1 fully saturated rings. The van der Waals surface area contributed by atoms with Crippen LogP contribution in [0.2, 0.25) is 0 Å². The molecule has 0 aliphatic carbocycles. The van der Waals surface area contributed by atoms with Gasteiger partial charge in [-0.25, -0.2) is 18.4 Å². The maximum Gasteiger partial charge on any atom is 0.409 e. The number of benzene rings is 1. The van der Waals surface area contributed by atoms with Crippen molar-refractivity contribution >= 4 is 27.7 Å². The predicted molar refractivity (Wildman–Crippen MR) is 113 cm³/mol. The molecule has 2 atom stereocenters. The van der Waals surface area contributed by atoms with E-state index in [2.05, 4.69) is 12.2 Å². The lowest BCUT2D eigenvalue weighted by Crippen LogP contribution is -2.47. The van der Waals surface area contributed by atoms with Crippen molar-refractivity contribution in [1.29, 1.82) is 0 Å². The number of piperidine rings is 1. The zero-order valence-corrected chi connectivity index (χ0v) is 18.4. The first-order chi connectivity index (χ1) is 14.1. The van der Waals surface area contributed by atoms with Crippen LogP contribution >= 0.6 is 0 Å². The molecular weight excluding hydrogens is 408 g/mol. The standard InChI is InChI=1S/C20H30N4O5S/c1-13-10-16-11-17(30(21,27)28)4-5-18(16)24(13)19(25)12-22-14(2)15-6-8-23(9-7-15)20(26)29-3/h4-5,11,13-15,22H,6-10,12H2,1-3H3,(H2,21,27,28). The quantitative estimate of drug-likeness (QED) is 0.709. The van der Waals surface area contributed by atoms with Crippen molar-refractivity contribution in [3.63, 3.8) is 0 Å². The van der Waals surface area contributed by atoms with Gasteiger partial charge in [0.2, 0.25) is 15.9 Å². The van der Waals surface area contributed by atoms with E-state index in [1.54, 1.807) is 21.9 Å². The fraction of sp³-hybridized carbons (Fsp3) is 0.600. The second kappa shape index (κ2) is 8.91. The molecule has 166 valence electrons. The lowest BCUT2D eigenvalue weighted by Gasteiger charge is -2.34. The summed E-state index contributed by atoms with van der Waals surface area (Å²) in [6.45, 7) is 5.51. The molecule has 0 spiro atoms. The molecule has 2 unspecified atom stereocenters. The number of carbonyl (C=O) groups excluding carboxylic acids is 2. The Morgan fingerprint density at radius 2 is 1.97 bits per heavy atom. The van der Waals surface area contributed by atoms with E-state index in [1.807, 2.05) is 6.92 Å².